The second-order valence-electron chi connectivity index (χ2n) is 1.48. The van der Waals surface area contributed by atoms with E-state index in [9.17, 15) is 42.3 Å². The summed E-state index contributed by atoms with van der Waals surface area (Å²) in [5.74, 6) is 0. The molecule has 0 nitrogen and oxygen atoms in total. The van der Waals surface area contributed by atoms with E-state index >= 15 is 0 Å². The van der Waals surface area contributed by atoms with Crippen molar-refractivity contribution in [3.8, 4) is 0 Å². The smallest absolute Gasteiger partial charge is 0.510 e. The molecule has 0 spiro atoms. The van der Waals surface area contributed by atoms with Gasteiger partial charge in [-0.3, -0.25) is 0 Å². The van der Waals surface area contributed by atoms with Crippen LogP contribution in [0.25, 0.3) is 0 Å². The summed E-state index contributed by atoms with van der Waals surface area (Å²) in [5.41, 5.74) is 0. The van der Waals surface area contributed by atoms with Gasteiger partial charge in [0.05, 0.1) is 0 Å². The van der Waals surface area contributed by atoms with Crippen molar-refractivity contribution < 1.29 is 83.6 Å². The molecule has 0 saturated carbocycles. The summed E-state index contributed by atoms with van der Waals surface area (Å²) in [6, 6.07) is 0. The molecule has 0 radical (unpaired) electrons. The molecular formula is Al3F12Pr. The molecular weight excluding hydrogens is 450 g/mol. The van der Waals surface area contributed by atoms with Gasteiger partial charge in [0, 0.05) is 0 Å². The number of hydrogen-bond donors (Lipinski definition) is 0. The van der Waals surface area contributed by atoms with Crippen LogP contribution in [-0.4, -0.2) is 44.7 Å². The molecule has 0 aromatic rings. The van der Waals surface area contributed by atoms with Gasteiger partial charge in [0.1, 0.15) is 0 Å². The predicted molar refractivity (Wildman–Crippen MR) is 30.6 cm³/mol. The Morgan fingerprint density at radius 3 is 0.312 bits per heavy atom. The Bertz CT molecular complexity index is 91.3. The summed E-state index contributed by atoms with van der Waals surface area (Å²) in [6.45, 7) is 0. The van der Waals surface area contributed by atoms with Gasteiger partial charge >= 0.3 is 86.0 Å². The van der Waals surface area contributed by atoms with Gasteiger partial charge in [0.2, 0.25) is 0 Å². The fraction of sp³-hybridized carbons (Fsp3) is 0. The van der Waals surface area contributed by atoms with Crippen LogP contribution in [0.2, 0.25) is 0 Å². The van der Waals surface area contributed by atoms with E-state index in [1.54, 1.807) is 0 Å². The molecule has 0 aliphatic heterocycles. The van der Waals surface area contributed by atoms with E-state index in [1.807, 2.05) is 0 Å². The maximum absolute atomic E-state index is 9.85. The first-order chi connectivity index (χ1) is 6.00. The van der Waals surface area contributed by atoms with Gasteiger partial charge in [-0.05, 0) is 0 Å². The normalized spacial score (nSPS) is 11.2. The summed E-state index contributed by atoms with van der Waals surface area (Å²) < 4.78 is 118. The van der Waals surface area contributed by atoms with Crippen molar-refractivity contribution in [1.82, 2.24) is 0 Å². The first-order valence-corrected chi connectivity index (χ1v) is 7.86. The van der Waals surface area contributed by atoms with Crippen molar-refractivity contribution in [3.63, 3.8) is 0 Å². The monoisotopic (exact) mass is 450 g/mol. The van der Waals surface area contributed by atoms with Gasteiger partial charge < -0.3 is 42.3 Å². The van der Waals surface area contributed by atoms with Crippen molar-refractivity contribution in [2.24, 2.45) is 0 Å². The molecule has 0 saturated heterocycles. The summed E-state index contributed by atoms with van der Waals surface area (Å²) in [6.07, 6.45) is 0. The largest absolute Gasteiger partial charge is 3.00 e. The van der Waals surface area contributed by atoms with Crippen LogP contribution in [0.4, 0.5) is 42.3 Å². The third-order valence-corrected chi connectivity index (χ3v) is 0. The van der Waals surface area contributed by atoms with E-state index < -0.39 is 44.7 Å². The molecule has 16 heteroatoms. The zero-order valence-corrected chi connectivity index (χ0v) is 14.0. The Labute approximate surface area is 127 Å². The minimum absolute atomic E-state index is 0. The maximum Gasteiger partial charge on any atom is 3.00 e. The fourth-order valence-corrected chi connectivity index (χ4v) is 0. The summed E-state index contributed by atoms with van der Waals surface area (Å²) >= 11 is -20.5. The van der Waals surface area contributed by atoms with E-state index in [-0.39, 0.29) is 41.3 Å². The van der Waals surface area contributed by atoms with Crippen LogP contribution in [0, 0.1) is 41.3 Å². The van der Waals surface area contributed by atoms with Crippen LogP contribution in [0.15, 0.2) is 0 Å². The molecule has 96 valence electrons. The average Bonchev–Trinajstić information content (AvgIpc) is 1.41. The Morgan fingerprint density at radius 1 is 0.312 bits per heavy atom. The van der Waals surface area contributed by atoms with Gasteiger partial charge in [-0.2, -0.15) is 0 Å². The molecule has 0 aliphatic rings. The number of hydrogen-bond acceptors (Lipinski definition) is 0. The van der Waals surface area contributed by atoms with Crippen molar-refractivity contribution in [1.29, 1.82) is 0 Å². The average molecular weight is 450 g/mol. The second-order valence-corrected chi connectivity index (χ2v) is 4.45. The van der Waals surface area contributed by atoms with Crippen molar-refractivity contribution in [2.45, 2.75) is 0 Å². The molecule has 0 fully saturated rings. The quantitative estimate of drug-likeness (QED) is 0.389. The predicted octanol–water partition coefficient (Wildman–Crippen LogP) is 3.90. The van der Waals surface area contributed by atoms with Crippen LogP contribution in [0.3, 0.4) is 0 Å². The molecule has 0 amide bonds. The Morgan fingerprint density at radius 2 is 0.312 bits per heavy atom. The zero-order valence-electron chi connectivity index (χ0n) is 6.84. The molecule has 0 rings (SSSR count). The molecule has 0 heterocycles. The fourth-order valence-electron chi connectivity index (χ4n) is 0. The third kappa shape index (κ3) is 819. The minimum Gasteiger partial charge on any atom is -0.510 e. The van der Waals surface area contributed by atoms with Crippen molar-refractivity contribution >= 4 is 44.7 Å². The summed E-state index contributed by atoms with van der Waals surface area (Å²) in [4.78, 5) is 0. The zero-order chi connectivity index (χ0) is 13.5. The molecule has 0 aliphatic carbocycles. The van der Waals surface area contributed by atoms with Gasteiger partial charge in [-0.1, -0.05) is 0 Å². The van der Waals surface area contributed by atoms with E-state index in [2.05, 4.69) is 0 Å². The topological polar surface area (TPSA) is 0 Å². The Balaban J connectivity index is -0.0000000655. The Kier molecular flexibility index (Phi) is 18.3. The molecule has 0 aromatic carbocycles. The molecule has 16 heavy (non-hydrogen) atoms. The van der Waals surface area contributed by atoms with E-state index in [4.69, 9.17) is 0 Å². The first-order valence-electron chi connectivity index (χ1n) is 2.62. The molecule has 0 aromatic heterocycles. The van der Waals surface area contributed by atoms with E-state index in [0.717, 1.165) is 0 Å². The second kappa shape index (κ2) is 11.0. The molecule has 0 bridgehead atoms. The SMILES string of the molecule is [F][Al-]([F])([F])[F].[F][Al-]([F])([F])[F].[F][Al-]([F])([F])[F].[Pr+3]. The number of halogens is 12. The van der Waals surface area contributed by atoms with Crippen LogP contribution >= 0.6 is 0 Å². The van der Waals surface area contributed by atoms with Gasteiger partial charge in [0.25, 0.3) is 0 Å². The van der Waals surface area contributed by atoms with Gasteiger partial charge in [-0.15, -0.1) is 0 Å². The standard InChI is InChI=1S/3Al.12FH.Pr/h;;;12*1H;/q3*+3;;;;;;;;;;;;;+3/p-12. The van der Waals surface area contributed by atoms with E-state index in [1.165, 1.54) is 0 Å². The van der Waals surface area contributed by atoms with Crippen LogP contribution in [0.5, 0.6) is 0 Å². The maximum atomic E-state index is 9.85. The van der Waals surface area contributed by atoms with Crippen LogP contribution < -0.4 is 0 Å². The number of rotatable bonds is 0. The van der Waals surface area contributed by atoms with Gasteiger partial charge in [-0.25, -0.2) is 0 Å². The summed E-state index contributed by atoms with van der Waals surface area (Å²) in [5, 5.41) is 0. The summed E-state index contributed by atoms with van der Waals surface area (Å²) in [7, 11) is 0. The van der Waals surface area contributed by atoms with Gasteiger partial charge in [0.15, 0.2) is 0 Å². The van der Waals surface area contributed by atoms with E-state index in [0.29, 0.717) is 0 Å². The van der Waals surface area contributed by atoms with Crippen LogP contribution in [0.1, 0.15) is 0 Å². The first kappa shape index (κ1) is 26.6. The van der Waals surface area contributed by atoms with Crippen molar-refractivity contribution in [3.05, 3.63) is 0 Å². The third-order valence-electron chi connectivity index (χ3n) is 0. The van der Waals surface area contributed by atoms with Crippen LogP contribution in [-0.2, 0) is 0 Å². The minimum atomic E-state index is -6.83. The van der Waals surface area contributed by atoms with Crippen molar-refractivity contribution in [2.75, 3.05) is 0 Å². The molecule has 0 N–H and O–H groups in total. The molecule has 0 atom stereocenters. The Hall–Kier alpha value is 2.12. The molecule has 0 unspecified atom stereocenters.